The van der Waals surface area contributed by atoms with Gasteiger partial charge in [0.2, 0.25) is 5.91 Å². The first-order valence-electron chi connectivity index (χ1n) is 11.6. The van der Waals surface area contributed by atoms with Gasteiger partial charge in [0, 0.05) is 54.4 Å². The molecule has 3 aromatic rings. The van der Waals surface area contributed by atoms with Crippen molar-refractivity contribution < 1.29 is 4.79 Å². The highest BCUT2D eigenvalue weighted by atomic mass is 35.5. The molecule has 1 saturated carbocycles. The Bertz CT molecular complexity index is 1050. The van der Waals surface area contributed by atoms with Crippen molar-refractivity contribution >= 4 is 28.8 Å². The van der Waals surface area contributed by atoms with Gasteiger partial charge in [-0.2, -0.15) is 0 Å². The van der Waals surface area contributed by atoms with Crippen LogP contribution >= 0.6 is 22.9 Å². The molecule has 7 heteroatoms. The monoisotopic (exact) mass is 468 g/mol. The summed E-state index contributed by atoms with van der Waals surface area (Å²) in [4.78, 5) is 22.5. The average molecular weight is 469 g/mol. The van der Waals surface area contributed by atoms with Crippen LogP contribution in [0.5, 0.6) is 0 Å². The summed E-state index contributed by atoms with van der Waals surface area (Å²) in [6, 6.07) is 12.5. The van der Waals surface area contributed by atoms with Crippen molar-refractivity contribution in [2.45, 2.75) is 44.7 Å². The van der Waals surface area contributed by atoms with E-state index in [0.717, 1.165) is 59.2 Å². The second-order valence-electron chi connectivity index (χ2n) is 8.77. The van der Waals surface area contributed by atoms with Crippen molar-refractivity contribution in [3.05, 3.63) is 53.0 Å². The molecule has 2 aliphatic rings. The molecule has 0 N–H and O–H groups in total. The number of amides is 1. The SMILES string of the molecule is O=C(Cn1cccc1-c1nc(-c2ccc(Cl)cc2)cs1)N1CCN(C2CCCCC2)CC1. The summed E-state index contributed by atoms with van der Waals surface area (Å²) in [5, 5.41) is 3.70. The number of carbonyl (C=O) groups excluding carboxylic acids is 1. The third-order valence-corrected chi connectivity index (χ3v) is 7.87. The third kappa shape index (κ3) is 4.77. The van der Waals surface area contributed by atoms with Crippen molar-refractivity contribution in [3.8, 4) is 22.0 Å². The highest BCUT2D eigenvalue weighted by Gasteiger charge is 2.27. The Labute approximate surface area is 198 Å². The number of hydrogen-bond acceptors (Lipinski definition) is 4. The second kappa shape index (κ2) is 9.77. The van der Waals surface area contributed by atoms with Gasteiger partial charge in [-0.15, -0.1) is 11.3 Å². The maximum atomic E-state index is 13.0. The quantitative estimate of drug-likeness (QED) is 0.502. The predicted molar refractivity (Wildman–Crippen MR) is 131 cm³/mol. The van der Waals surface area contributed by atoms with E-state index < -0.39 is 0 Å². The molecule has 0 atom stereocenters. The van der Waals surface area contributed by atoms with Crippen LogP contribution < -0.4 is 0 Å². The van der Waals surface area contributed by atoms with Crippen LogP contribution in [0.1, 0.15) is 32.1 Å². The molecule has 0 radical (unpaired) electrons. The predicted octanol–water partition coefficient (Wildman–Crippen LogP) is 5.41. The molecule has 0 spiro atoms. The first-order chi connectivity index (χ1) is 15.7. The van der Waals surface area contributed by atoms with Crippen LogP contribution in [-0.2, 0) is 11.3 Å². The van der Waals surface area contributed by atoms with Gasteiger partial charge in [0.15, 0.2) is 0 Å². The summed E-state index contributed by atoms with van der Waals surface area (Å²) in [5.41, 5.74) is 2.96. The number of piperazine rings is 1. The third-order valence-electron chi connectivity index (χ3n) is 6.76. The maximum absolute atomic E-state index is 13.0. The van der Waals surface area contributed by atoms with Crippen LogP contribution in [-0.4, -0.2) is 57.5 Å². The Morgan fingerprint density at radius 2 is 1.78 bits per heavy atom. The van der Waals surface area contributed by atoms with Crippen molar-refractivity contribution in [3.63, 3.8) is 0 Å². The molecule has 5 nitrogen and oxygen atoms in total. The molecule has 2 fully saturated rings. The summed E-state index contributed by atoms with van der Waals surface area (Å²) in [6.45, 7) is 4.05. The van der Waals surface area contributed by atoms with E-state index in [9.17, 15) is 4.79 Å². The molecule has 2 aromatic heterocycles. The molecular weight excluding hydrogens is 440 g/mol. The van der Waals surface area contributed by atoms with Crippen LogP contribution in [0.4, 0.5) is 0 Å². The van der Waals surface area contributed by atoms with Crippen LogP contribution in [0.25, 0.3) is 22.0 Å². The molecule has 0 unspecified atom stereocenters. The average Bonchev–Trinajstić information content (AvgIpc) is 3.50. The summed E-state index contributed by atoms with van der Waals surface area (Å²) in [7, 11) is 0. The number of hydrogen-bond donors (Lipinski definition) is 0. The maximum Gasteiger partial charge on any atom is 0.242 e. The van der Waals surface area contributed by atoms with Gasteiger partial charge >= 0.3 is 0 Å². The normalized spacial score (nSPS) is 18.2. The summed E-state index contributed by atoms with van der Waals surface area (Å²) in [6.07, 6.45) is 8.73. The highest BCUT2D eigenvalue weighted by Crippen LogP contribution is 2.30. The van der Waals surface area contributed by atoms with Crippen LogP contribution in [0.15, 0.2) is 48.0 Å². The van der Waals surface area contributed by atoms with Crippen molar-refractivity contribution in [1.29, 1.82) is 0 Å². The first-order valence-corrected chi connectivity index (χ1v) is 12.8. The lowest BCUT2D eigenvalue weighted by Crippen LogP contribution is -2.52. The van der Waals surface area contributed by atoms with Crippen molar-refractivity contribution in [1.82, 2.24) is 19.4 Å². The lowest BCUT2D eigenvalue weighted by atomic mass is 9.94. The summed E-state index contributed by atoms with van der Waals surface area (Å²) in [5.74, 6) is 0.195. The number of benzene rings is 1. The van der Waals surface area contributed by atoms with Gasteiger partial charge in [0.05, 0.1) is 11.4 Å². The summed E-state index contributed by atoms with van der Waals surface area (Å²) < 4.78 is 2.03. The molecule has 1 aromatic carbocycles. The smallest absolute Gasteiger partial charge is 0.242 e. The van der Waals surface area contributed by atoms with Crippen molar-refractivity contribution in [2.75, 3.05) is 26.2 Å². The van der Waals surface area contributed by atoms with E-state index in [0.29, 0.717) is 6.54 Å². The fourth-order valence-corrected chi connectivity index (χ4v) is 5.91. The Kier molecular flexibility index (Phi) is 6.62. The lowest BCUT2D eigenvalue weighted by molar-refractivity contribution is -0.134. The zero-order chi connectivity index (χ0) is 21.9. The minimum atomic E-state index is 0.195. The van der Waals surface area contributed by atoms with Gasteiger partial charge in [-0.1, -0.05) is 43.0 Å². The van der Waals surface area contributed by atoms with E-state index in [1.807, 2.05) is 52.1 Å². The van der Waals surface area contributed by atoms with E-state index in [2.05, 4.69) is 10.3 Å². The summed E-state index contributed by atoms with van der Waals surface area (Å²) >= 11 is 7.61. The lowest BCUT2D eigenvalue weighted by Gasteiger charge is -2.40. The zero-order valence-electron chi connectivity index (χ0n) is 18.3. The Morgan fingerprint density at radius 1 is 1.03 bits per heavy atom. The number of thiazole rings is 1. The fourth-order valence-electron chi connectivity index (χ4n) is 4.92. The van der Waals surface area contributed by atoms with Gasteiger partial charge in [-0.3, -0.25) is 9.69 Å². The minimum Gasteiger partial charge on any atom is -0.339 e. The van der Waals surface area contributed by atoms with Gasteiger partial charge in [-0.25, -0.2) is 4.98 Å². The number of rotatable bonds is 5. The van der Waals surface area contributed by atoms with Gasteiger partial charge in [0.25, 0.3) is 0 Å². The van der Waals surface area contributed by atoms with Crippen LogP contribution in [0, 0.1) is 0 Å². The van der Waals surface area contributed by atoms with E-state index in [4.69, 9.17) is 16.6 Å². The second-order valence-corrected chi connectivity index (χ2v) is 10.1. The zero-order valence-corrected chi connectivity index (χ0v) is 19.8. The number of aromatic nitrogens is 2. The molecule has 32 heavy (non-hydrogen) atoms. The highest BCUT2D eigenvalue weighted by molar-refractivity contribution is 7.13. The molecule has 168 valence electrons. The fraction of sp³-hybridized carbons (Fsp3) is 0.440. The van der Waals surface area contributed by atoms with Gasteiger partial charge in [-0.05, 0) is 37.1 Å². The molecule has 5 rings (SSSR count). The van der Waals surface area contributed by atoms with E-state index >= 15 is 0 Å². The molecule has 1 saturated heterocycles. The standard InChI is InChI=1S/C25H29ClN4OS/c26-20-10-8-19(9-11-20)22-18-32-25(27-22)23-7-4-12-30(23)17-24(31)29-15-13-28(14-16-29)21-5-2-1-3-6-21/h4,7-12,18,21H,1-3,5-6,13-17H2. The van der Waals surface area contributed by atoms with Crippen molar-refractivity contribution in [2.24, 2.45) is 0 Å². The minimum absolute atomic E-state index is 0.195. The number of nitrogens with zero attached hydrogens (tertiary/aromatic N) is 4. The molecule has 1 aliphatic heterocycles. The van der Waals surface area contributed by atoms with Gasteiger partial charge in [0.1, 0.15) is 11.6 Å². The Hall–Kier alpha value is -2.15. The Balaban J connectivity index is 1.22. The van der Waals surface area contributed by atoms with E-state index in [1.165, 1.54) is 32.1 Å². The molecular formula is C25H29ClN4OS. The molecule has 0 bridgehead atoms. The van der Waals surface area contributed by atoms with E-state index in [1.54, 1.807) is 11.3 Å². The first kappa shape index (κ1) is 21.7. The Morgan fingerprint density at radius 3 is 2.53 bits per heavy atom. The molecule has 3 heterocycles. The number of halogens is 1. The number of carbonyl (C=O) groups is 1. The van der Waals surface area contributed by atoms with E-state index in [-0.39, 0.29) is 5.91 Å². The topological polar surface area (TPSA) is 41.4 Å². The largest absolute Gasteiger partial charge is 0.339 e. The van der Waals surface area contributed by atoms with Gasteiger partial charge < -0.3 is 9.47 Å². The molecule has 1 aliphatic carbocycles. The van der Waals surface area contributed by atoms with Crippen LogP contribution in [0.3, 0.4) is 0 Å². The van der Waals surface area contributed by atoms with Crippen LogP contribution in [0.2, 0.25) is 5.02 Å². The molecule has 1 amide bonds.